The van der Waals surface area contributed by atoms with Crippen LogP contribution in [0, 0.1) is 0 Å². The Morgan fingerprint density at radius 2 is 1.96 bits per heavy atom. The van der Waals surface area contributed by atoms with Crippen LogP contribution in [0.1, 0.15) is 24.0 Å². The van der Waals surface area contributed by atoms with Crippen molar-refractivity contribution in [2.45, 2.75) is 19.4 Å². The Bertz CT molecular complexity index is 974. The minimum absolute atomic E-state index is 0.0499. The van der Waals surface area contributed by atoms with Gasteiger partial charge < -0.3 is 14.7 Å². The molecule has 0 spiro atoms. The zero-order chi connectivity index (χ0) is 19.5. The predicted molar refractivity (Wildman–Crippen MR) is 107 cm³/mol. The van der Waals surface area contributed by atoms with Crippen LogP contribution >= 0.6 is 0 Å². The van der Waals surface area contributed by atoms with E-state index in [9.17, 15) is 9.90 Å². The van der Waals surface area contributed by atoms with Crippen molar-refractivity contribution in [1.29, 1.82) is 0 Å². The Morgan fingerprint density at radius 3 is 2.71 bits per heavy atom. The number of ether oxygens (including phenoxy) is 1. The molecule has 0 radical (unpaired) electrons. The SMILES string of the molecule is C[C@@H](C(=O)N1CCOc2c(O)cc(-c3cccnc3)cc2C1)c1ccccc1. The number of aromatic hydroxyl groups is 1. The molecule has 0 unspecified atom stereocenters. The monoisotopic (exact) mass is 374 g/mol. The molecule has 1 aliphatic heterocycles. The van der Waals surface area contributed by atoms with Gasteiger partial charge in [-0.05, 0) is 36.2 Å². The summed E-state index contributed by atoms with van der Waals surface area (Å²) in [4.78, 5) is 19.0. The standard InChI is InChI=1S/C23H22N2O3/c1-16(17-6-3-2-4-7-17)23(27)25-10-11-28-22-20(15-25)12-19(13-21(22)26)18-8-5-9-24-14-18/h2-9,12-14,16,26H,10-11,15H2,1H3/t16-/m1/s1. The van der Waals surface area contributed by atoms with Gasteiger partial charge in [-0.1, -0.05) is 36.4 Å². The average molecular weight is 374 g/mol. The van der Waals surface area contributed by atoms with E-state index in [4.69, 9.17) is 4.74 Å². The van der Waals surface area contributed by atoms with E-state index in [2.05, 4.69) is 4.98 Å². The Kier molecular flexibility index (Phi) is 4.98. The second-order valence-electron chi connectivity index (χ2n) is 6.97. The summed E-state index contributed by atoms with van der Waals surface area (Å²) in [6, 6.07) is 17.2. The van der Waals surface area contributed by atoms with Gasteiger partial charge in [-0.2, -0.15) is 0 Å². The quantitative estimate of drug-likeness (QED) is 0.753. The van der Waals surface area contributed by atoms with Crippen LogP contribution in [0.3, 0.4) is 0 Å². The van der Waals surface area contributed by atoms with Gasteiger partial charge in [-0.15, -0.1) is 0 Å². The number of pyridine rings is 1. The number of carbonyl (C=O) groups is 1. The molecule has 3 aromatic rings. The van der Waals surface area contributed by atoms with Gasteiger partial charge in [0.25, 0.3) is 0 Å². The van der Waals surface area contributed by atoms with E-state index in [1.807, 2.05) is 55.5 Å². The lowest BCUT2D eigenvalue weighted by molar-refractivity contribution is -0.133. The fourth-order valence-corrected chi connectivity index (χ4v) is 3.55. The van der Waals surface area contributed by atoms with E-state index in [0.29, 0.717) is 25.4 Å². The van der Waals surface area contributed by atoms with Gasteiger partial charge in [0.15, 0.2) is 11.5 Å². The number of carbonyl (C=O) groups excluding carboxylic acids is 1. The minimum atomic E-state index is -0.238. The highest BCUT2D eigenvalue weighted by Gasteiger charge is 2.26. The van der Waals surface area contributed by atoms with Crippen molar-refractivity contribution in [3.8, 4) is 22.6 Å². The number of phenolic OH excluding ortho intramolecular Hbond substituents is 1. The number of nitrogens with zero attached hydrogens (tertiary/aromatic N) is 2. The van der Waals surface area contributed by atoms with E-state index >= 15 is 0 Å². The molecule has 1 atom stereocenters. The van der Waals surface area contributed by atoms with Crippen molar-refractivity contribution in [2.75, 3.05) is 13.2 Å². The molecule has 1 aromatic heterocycles. The van der Waals surface area contributed by atoms with Crippen LogP contribution in [0.15, 0.2) is 67.0 Å². The smallest absolute Gasteiger partial charge is 0.230 e. The van der Waals surface area contributed by atoms with E-state index in [1.165, 1.54) is 0 Å². The fraction of sp³-hybridized carbons (Fsp3) is 0.217. The number of hydrogen-bond donors (Lipinski definition) is 1. The van der Waals surface area contributed by atoms with Gasteiger partial charge in [0, 0.05) is 30.1 Å². The number of phenols is 1. The average Bonchev–Trinajstić information content (AvgIpc) is 2.97. The summed E-state index contributed by atoms with van der Waals surface area (Å²) < 4.78 is 5.78. The molecule has 28 heavy (non-hydrogen) atoms. The maximum absolute atomic E-state index is 13.1. The Morgan fingerprint density at radius 1 is 1.14 bits per heavy atom. The number of fused-ring (bicyclic) bond motifs is 1. The number of rotatable bonds is 3. The third-order valence-electron chi connectivity index (χ3n) is 5.09. The van der Waals surface area contributed by atoms with E-state index in [-0.39, 0.29) is 17.6 Å². The van der Waals surface area contributed by atoms with Gasteiger partial charge in [0.1, 0.15) is 6.61 Å². The molecule has 2 aromatic carbocycles. The summed E-state index contributed by atoms with van der Waals surface area (Å²) in [5, 5.41) is 10.5. The summed E-state index contributed by atoms with van der Waals surface area (Å²) in [5.41, 5.74) is 3.54. The highest BCUT2D eigenvalue weighted by Crippen LogP contribution is 2.37. The zero-order valence-electron chi connectivity index (χ0n) is 15.7. The fourth-order valence-electron chi connectivity index (χ4n) is 3.55. The predicted octanol–water partition coefficient (Wildman–Crippen LogP) is 3.98. The second-order valence-corrected chi connectivity index (χ2v) is 6.97. The highest BCUT2D eigenvalue weighted by molar-refractivity contribution is 5.83. The lowest BCUT2D eigenvalue weighted by Crippen LogP contribution is -2.35. The maximum Gasteiger partial charge on any atom is 0.230 e. The zero-order valence-corrected chi connectivity index (χ0v) is 15.7. The Hall–Kier alpha value is -3.34. The van der Waals surface area contributed by atoms with Crippen molar-refractivity contribution in [2.24, 2.45) is 0 Å². The van der Waals surface area contributed by atoms with Gasteiger partial charge >= 0.3 is 0 Å². The van der Waals surface area contributed by atoms with Gasteiger partial charge in [-0.3, -0.25) is 9.78 Å². The molecule has 2 heterocycles. The van der Waals surface area contributed by atoms with Gasteiger partial charge in [-0.25, -0.2) is 0 Å². The Balaban J connectivity index is 1.64. The number of benzene rings is 2. The molecule has 142 valence electrons. The first kappa shape index (κ1) is 18.0. The molecule has 0 aliphatic carbocycles. The molecule has 0 fully saturated rings. The second kappa shape index (κ2) is 7.72. The summed E-state index contributed by atoms with van der Waals surface area (Å²) in [5.74, 6) is 0.351. The molecular weight excluding hydrogens is 352 g/mol. The van der Waals surface area contributed by atoms with Crippen molar-refractivity contribution >= 4 is 5.91 Å². The van der Waals surface area contributed by atoms with Crippen LogP contribution in [-0.2, 0) is 11.3 Å². The number of aromatic nitrogens is 1. The lowest BCUT2D eigenvalue weighted by Gasteiger charge is -2.24. The third-order valence-corrected chi connectivity index (χ3v) is 5.09. The molecule has 5 nitrogen and oxygen atoms in total. The first-order chi connectivity index (χ1) is 13.6. The molecule has 0 bridgehead atoms. The molecule has 1 amide bonds. The molecule has 5 heteroatoms. The van der Waals surface area contributed by atoms with Crippen molar-refractivity contribution in [3.05, 3.63) is 78.1 Å². The highest BCUT2D eigenvalue weighted by atomic mass is 16.5. The van der Waals surface area contributed by atoms with Crippen molar-refractivity contribution < 1.29 is 14.6 Å². The van der Waals surface area contributed by atoms with Crippen LogP contribution in [0.25, 0.3) is 11.1 Å². The molecule has 1 N–H and O–H groups in total. The Labute approximate surface area is 164 Å². The van der Waals surface area contributed by atoms with E-state index < -0.39 is 0 Å². The van der Waals surface area contributed by atoms with Crippen LogP contribution < -0.4 is 4.74 Å². The normalized spacial score (nSPS) is 14.5. The number of hydrogen-bond acceptors (Lipinski definition) is 4. The summed E-state index contributed by atoms with van der Waals surface area (Å²) in [7, 11) is 0. The molecule has 0 saturated heterocycles. The van der Waals surface area contributed by atoms with Crippen molar-refractivity contribution in [1.82, 2.24) is 9.88 Å². The largest absolute Gasteiger partial charge is 0.504 e. The molecule has 0 saturated carbocycles. The lowest BCUT2D eigenvalue weighted by atomic mass is 9.99. The van der Waals surface area contributed by atoms with Gasteiger partial charge in [0.2, 0.25) is 5.91 Å². The summed E-state index contributed by atoms with van der Waals surface area (Å²) in [6.07, 6.45) is 3.46. The first-order valence-electron chi connectivity index (χ1n) is 9.36. The van der Waals surface area contributed by atoms with Gasteiger partial charge in [0.05, 0.1) is 12.5 Å². The van der Waals surface area contributed by atoms with Crippen LogP contribution in [0.2, 0.25) is 0 Å². The molecule has 1 aliphatic rings. The minimum Gasteiger partial charge on any atom is -0.504 e. The first-order valence-corrected chi connectivity index (χ1v) is 9.36. The molecular formula is C23H22N2O3. The van der Waals surface area contributed by atoms with Crippen molar-refractivity contribution in [3.63, 3.8) is 0 Å². The van der Waals surface area contributed by atoms with Crippen LogP contribution in [-0.4, -0.2) is 34.0 Å². The topological polar surface area (TPSA) is 62.7 Å². The third kappa shape index (κ3) is 3.56. The van der Waals surface area contributed by atoms with E-state index in [1.54, 1.807) is 23.4 Å². The summed E-state index contributed by atoms with van der Waals surface area (Å²) >= 11 is 0. The van der Waals surface area contributed by atoms with E-state index in [0.717, 1.165) is 22.3 Å². The summed E-state index contributed by atoms with van der Waals surface area (Å²) in [6.45, 7) is 3.15. The molecule has 4 rings (SSSR count). The van der Waals surface area contributed by atoms with Crippen LogP contribution in [0.5, 0.6) is 11.5 Å². The maximum atomic E-state index is 13.1. The van der Waals surface area contributed by atoms with Crippen LogP contribution in [0.4, 0.5) is 0 Å². The number of amides is 1.